The number of amidine groups is 1. The molecule has 152 valence electrons. The molecular weight excluding hydrogens is 364 g/mol. The molecule has 28 heavy (non-hydrogen) atoms. The van der Waals surface area contributed by atoms with Crippen LogP contribution in [0.4, 0.5) is 4.79 Å². The first-order valence-electron chi connectivity index (χ1n) is 9.03. The van der Waals surface area contributed by atoms with Gasteiger partial charge in [-0.3, -0.25) is 19.9 Å². The molecule has 0 bridgehead atoms. The summed E-state index contributed by atoms with van der Waals surface area (Å²) in [5.41, 5.74) is -0.268. The molecule has 1 saturated heterocycles. The van der Waals surface area contributed by atoms with Crippen LogP contribution in [0.2, 0.25) is 0 Å². The van der Waals surface area contributed by atoms with Crippen LogP contribution in [0.5, 0.6) is 5.75 Å². The van der Waals surface area contributed by atoms with Gasteiger partial charge < -0.3 is 20.1 Å². The molecule has 2 rings (SSSR count). The van der Waals surface area contributed by atoms with Crippen LogP contribution >= 0.6 is 0 Å². The molecular formula is C19H26N4O5. The standard InChI is InChI=1S/C19H26N4O5/c1-19(2,3)23(18(26)27)15(20)13-5-7-14(8-6-13)28-12-4-10-22-11-9-21-16(24)17(22)25/h5-8,20H,4,9-12H2,1-3H3,(H,21,24)(H,26,27). The minimum atomic E-state index is -1.18. The fraction of sp³-hybridized carbons (Fsp3) is 0.474. The molecule has 0 radical (unpaired) electrons. The minimum Gasteiger partial charge on any atom is -0.494 e. The monoisotopic (exact) mass is 390 g/mol. The van der Waals surface area contributed by atoms with E-state index in [0.717, 1.165) is 4.90 Å². The lowest BCUT2D eigenvalue weighted by molar-refractivity contribution is -0.148. The van der Waals surface area contributed by atoms with Gasteiger partial charge in [0.1, 0.15) is 11.6 Å². The first-order valence-corrected chi connectivity index (χ1v) is 9.03. The normalized spacial score (nSPS) is 14.5. The van der Waals surface area contributed by atoms with Gasteiger partial charge in [-0.25, -0.2) is 4.79 Å². The van der Waals surface area contributed by atoms with E-state index < -0.39 is 23.4 Å². The second kappa shape index (κ2) is 8.73. The number of carboxylic acid groups (broad SMARTS) is 1. The Bertz CT molecular complexity index is 755. The molecule has 0 atom stereocenters. The molecule has 0 aliphatic carbocycles. The van der Waals surface area contributed by atoms with Crippen LogP contribution in [-0.2, 0) is 9.59 Å². The highest BCUT2D eigenvalue weighted by Gasteiger charge is 2.30. The van der Waals surface area contributed by atoms with E-state index in [2.05, 4.69) is 5.32 Å². The molecule has 1 heterocycles. The second-order valence-electron chi connectivity index (χ2n) is 7.41. The summed E-state index contributed by atoms with van der Waals surface area (Å²) in [7, 11) is 0. The lowest BCUT2D eigenvalue weighted by Gasteiger charge is -2.33. The zero-order valence-corrected chi connectivity index (χ0v) is 16.3. The lowest BCUT2D eigenvalue weighted by Crippen LogP contribution is -2.52. The average molecular weight is 390 g/mol. The number of carbonyl (C=O) groups excluding carboxylic acids is 2. The van der Waals surface area contributed by atoms with Crippen LogP contribution < -0.4 is 10.1 Å². The molecule has 0 aromatic heterocycles. The second-order valence-corrected chi connectivity index (χ2v) is 7.41. The van der Waals surface area contributed by atoms with Crippen molar-refractivity contribution in [3.8, 4) is 5.75 Å². The van der Waals surface area contributed by atoms with Gasteiger partial charge in [0.05, 0.1) is 6.61 Å². The van der Waals surface area contributed by atoms with Gasteiger partial charge in [0.2, 0.25) is 0 Å². The van der Waals surface area contributed by atoms with E-state index in [9.17, 15) is 19.5 Å². The number of benzene rings is 1. The number of rotatable bonds is 6. The van der Waals surface area contributed by atoms with Crippen molar-refractivity contribution >= 4 is 23.7 Å². The third-order valence-corrected chi connectivity index (χ3v) is 4.20. The van der Waals surface area contributed by atoms with Crippen molar-refractivity contribution < 1.29 is 24.2 Å². The molecule has 1 aliphatic heterocycles. The van der Waals surface area contributed by atoms with Crippen LogP contribution in [-0.4, -0.2) is 70.4 Å². The van der Waals surface area contributed by atoms with E-state index in [-0.39, 0.29) is 5.84 Å². The fourth-order valence-electron chi connectivity index (χ4n) is 2.84. The Balaban J connectivity index is 1.87. The Kier molecular flexibility index (Phi) is 6.61. The molecule has 0 unspecified atom stereocenters. The highest BCUT2D eigenvalue weighted by atomic mass is 16.5. The smallest absolute Gasteiger partial charge is 0.413 e. The van der Waals surface area contributed by atoms with Crippen molar-refractivity contribution in [1.29, 1.82) is 5.41 Å². The molecule has 0 saturated carbocycles. The quantitative estimate of drug-likeness (QED) is 0.294. The number of carbonyl (C=O) groups is 3. The van der Waals surface area contributed by atoms with Gasteiger partial charge in [0.15, 0.2) is 0 Å². The number of amides is 3. The Morgan fingerprint density at radius 3 is 2.50 bits per heavy atom. The number of hydrogen-bond acceptors (Lipinski definition) is 5. The number of piperazine rings is 1. The molecule has 1 aliphatic rings. The number of nitrogens with zero attached hydrogens (tertiary/aromatic N) is 2. The Hall–Kier alpha value is -3.10. The van der Waals surface area contributed by atoms with E-state index in [1.54, 1.807) is 45.0 Å². The third kappa shape index (κ3) is 5.21. The van der Waals surface area contributed by atoms with Crippen LogP contribution in [0.1, 0.15) is 32.8 Å². The van der Waals surface area contributed by atoms with Crippen LogP contribution in [0.25, 0.3) is 0 Å². The highest BCUT2D eigenvalue weighted by molar-refractivity contribution is 6.35. The zero-order valence-electron chi connectivity index (χ0n) is 16.3. The summed E-state index contributed by atoms with van der Waals surface area (Å²) < 4.78 is 5.63. The van der Waals surface area contributed by atoms with E-state index in [4.69, 9.17) is 10.1 Å². The zero-order chi connectivity index (χ0) is 20.9. The Morgan fingerprint density at radius 2 is 1.93 bits per heavy atom. The minimum absolute atomic E-state index is 0.103. The lowest BCUT2D eigenvalue weighted by atomic mass is 10.0. The molecule has 9 heteroatoms. The molecule has 1 fully saturated rings. The molecule has 3 N–H and O–H groups in total. The number of nitrogens with one attached hydrogen (secondary N) is 2. The average Bonchev–Trinajstić information content (AvgIpc) is 2.61. The summed E-state index contributed by atoms with van der Waals surface area (Å²) in [6.07, 6.45) is -0.605. The molecule has 0 spiro atoms. The molecule has 9 nitrogen and oxygen atoms in total. The van der Waals surface area contributed by atoms with Crippen LogP contribution in [0, 0.1) is 5.41 Å². The summed E-state index contributed by atoms with van der Waals surface area (Å²) >= 11 is 0. The fourth-order valence-corrected chi connectivity index (χ4v) is 2.84. The topological polar surface area (TPSA) is 123 Å². The van der Waals surface area contributed by atoms with Gasteiger partial charge in [-0.05, 0) is 51.5 Å². The van der Waals surface area contributed by atoms with Gasteiger partial charge in [-0.2, -0.15) is 0 Å². The van der Waals surface area contributed by atoms with Gasteiger partial charge >= 0.3 is 17.9 Å². The number of hydrogen-bond donors (Lipinski definition) is 3. The van der Waals surface area contributed by atoms with Crippen LogP contribution in [0.15, 0.2) is 24.3 Å². The first kappa shape index (κ1) is 21.2. The van der Waals surface area contributed by atoms with Crippen molar-refractivity contribution in [2.24, 2.45) is 0 Å². The molecule has 3 amide bonds. The number of ether oxygens (including phenoxy) is 1. The van der Waals surface area contributed by atoms with E-state index in [1.165, 1.54) is 4.90 Å². The molecule has 1 aromatic rings. The summed E-state index contributed by atoms with van der Waals surface area (Å²) in [5.74, 6) is -0.614. The summed E-state index contributed by atoms with van der Waals surface area (Å²) in [5, 5.41) is 20.1. The van der Waals surface area contributed by atoms with Crippen LogP contribution in [0.3, 0.4) is 0 Å². The molecule has 1 aromatic carbocycles. The predicted molar refractivity (Wildman–Crippen MR) is 103 cm³/mol. The maximum absolute atomic E-state index is 11.7. The maximum Gasteiger partial charge on any atom is 0.413 e. The third-order valence-electron chi connectivity index (χ3n) is 4.20. The van der Waals surface area contributed by atoms with Crippen molar-refractivity contribution in [3.05, 3.63) is 29.8 Å². The van der Waals surface area contributed by atoms with Crippen molar-refractivity contribution in [1.82, 2.24) is 15.1 Å². The van der Waals surface area contributed by atoms with Gasteiger partial charge in [0.25, 0.3) is 0 Å². The SMILES string of the molecule is CC(C)(C)N(C(=N)c1ccc(OCCCN2CCNC(=O)C2=O)cc1)C(=O)O. The van der Waals surface area contributed by atoms with Crippen molar-refractivity contribution in [2.45, 2.75) is 32.7 Å². The predicted octanol–water partition coefficient (Wildman–Crippen LogP) is 1.52. The van der Waals surface area contributed by atoms with Gasteiger partial charge in [-0.15, -0.1) is 0 Å². The van der Waals surface area contributed by atoms with Gasteiger partial charge in [0, 0.05) is 30.7 Å². The summed E-state index contributed by atoms with van der Waals surface area (Å²) in [4.78, 5) is 37.0. The maximum atomic E-state index is 11.7. The first-order chi connectivity index (χ1) is 13.1. The Morgan fingerprint density at radius 1 is 1.29 bits per heavy atom. The Labute approximate surface area is 163 Å². The van der Waals surface area contributed by atoms with E-state index >= 15 is 0 Å². The summed E-state index contributed by atoms with van der Waals surface area (Å²) in [6, 6.07) is 6.62. The van der Waals surface area contributed by atoms with Crippen molar-refractivity contribution in [3.63, 3.8) is 0 Å². The van der Waals surface area contributed by atoms with E-state index in [1.807, 2.05) is 0 Å². The highest BCUT2D eigenvalue weighted by Crippen LogP contribution is 2.20. The summed E-state index contributed by atoms with van der Waals surface area (Å²) in [6.45, 7) is 6.94. The largest absolute Gasteiger partial charge is 0.494 e. The van der Waals surface area contributed by atoms with Gasteiger partial charge in [-0.1, -0.05) is 0 Å². The van der Waals surface area contributed by atoms with Crippen molar-refractivity contribution in [2.75, 3.05) is 26.2 Å². The van der Waals surface area contributed by atoms with E-state index in [0.29, 0.717) is 44.0 Å².